The van der Waals surface area contributed by atoms with Gasteiger partial charge in [0.2, 0.25) is 5.91 Å². The van der Waals surface area contributed by atoms with Crippen molar-refractivity contribution in [2.24, 2.45) is 11.8 Å². The van der Waals surface area contributed by atoms with Crippen molar-refractivity contribution in [2.75, 3.05) is 18.4 Å². The quantitative estimate of drug-likeness (QED) is 0.556. The summed E-state index contributed by atoms with van der Waals surface area (Å²) in [5, 5.41) is 13.9. The zero-order valence-electron chi connectivity index (χ0n) is 18.7. The lowest BCUT2D eigenvalue weighted by Gasteiger charge is -2.44. The molecule has 8 nitrogen and oxygen atoms in total. The van der Waals surface area contributed by atoms with Crippen molar-refractivity contribution in [2.45, 2.75) is 38.8 Å². The van der Waals surface area contributed by atoms with Gasteiger partial charge in [0.1, 0.15) is 6.04 Å². The van der Waals surface area contributed by atoms with Gasteiger partial charge in [0.05, 0.1) is 0 Å². The van der Waals surface area contributed by atoms with Crippen molar-refractivity contribution in [3.63, 3.8) is 0 Å². The number of aliphatic carboxylic acids is 1. The van der Waals surface area contributed by atoms with Crippen LogP contribution in [0.25, 0.3) is 10.9 Å². The highest BCUT2D eigenvalue weighted by atomic mass is 16.4. The number of aromatic nitrogens is 2. The third-order valence-corrected chi connectivity index (χ3v) is 6.91. The molecular formula is C25H28N4O4. The second-order valence-corrected chi connectivity index (χ2v) is 9.54. The van der Waals surface area contributed by atoms with E-state index in [1.54, 1.807) is 18.3 Å². The number of carbonyl (C=O) groups is 2. The molecule has 0 aliphatic carbocycles. The Balaban J connectivity index is 1.46. The van der Waals surface area contributed by atoms with E-state index < -0.39 is 12.0 Å². The normalized spacial score (nSPS) is 21.1. The number of piperidine rings is 1. The van der Waals surface area contributed by atoms with Gasteiger partial charge in [0.15, 0.2) is 0 Å². The Hall–Kier alpha value is -3.39. The van der Waals surface area contributed by atoms with Crippen LogP contribution in [-0.2, 0) is 16.1 Å². The van der Waals surface area contributed by atoms with Gasteiger partial charge >= 0.3 is 5.97 Å². The van der Waals surface area contributed by atoms with Gasteiger partial charge in [-0.2, -0.15) is 0 Å². The number of hydrogen-bond acceptors (Lipinski definition) is 4. The van der Waals surface area contributed by atoms with Gasteiger partial charge in [-0.1, -0.05) is 26.0 Å². The van der Waals surface area contributed by atoms with Gasteiger partial charge < -0.3 is 20.0 Å². The summed E-state index contributed by atoms with van der Waals surface area (Å²) in [6, 6.07) is 10.1. The fourth-order valence-corrected chi connectivity index (χ4v) is 5.37. The molecule has 1 fully saturated rings. The molecular weight excluding hydrogens is 420 g/mol. The minimum Gasteiger partial charge on any atom is -0.480 e. The summed E-state index contributed by atoms with van der Waals surface area (Å²) in [6.45, 7) is 5.51. The second-order valence-electron chi connectivity index (χ2n) is 9.54. The van der Waals surface area contributed by atoms with E-state index in [9.17, 15) is 19.5 Å². The third kappa shape index (κ3) is 3.84. The molecule has 2 aliphatic rings. The number of H-pyrrole nitrogens is 1. The lowest BCUT2D eigenvalue weighted by Crippen LogP contribution is -2.49. The van der Waals surface area contributed by atoms with Crippen LogP contribution < -0.4 is 10.9 Å². The van der Waals surface area contributed by atoms with E-state index in [0.717, 1.165) is 23.0 Å². The van der Waals surface area contributed by atoms with E-state index >= 15 is 0 Å². The highest BCUT2D eigenvalue weighted by Crippen LogP contribution is 2.39. The summed E-state index contributed by atoms with van der Waals surface area (Å²) in [5.74, 6) is -0.712. The molecule has 1 amide bonds. The monoisotopic (exact) mass is 448 g/mol. The standard InChI is InChI=1S/C25H28N4O4/c1-14(2)24(31)27-17-6-7-18-19(10-26-20(18)9-17)23(25(32)33)28-11-15-8-16(13-28)21-4-3-5-22(30)29(21)12-15/h3-7,9-10,14-16,23,26H,8,11-13H2,1-2H3,(H,27,31)(H,32,33)/t15-,16-,23?/m1/s1. The summed E-state index contributed by atoms with van der Waals surface area (Å²) >= 11 is 0. The summed E-state index contributed by atoms with van der Waals surface area (Å²) in [5.41, 5.74) is 3.19. The highest BCUT2D eigenvalue weighted by molar-refractivity contribution is 5.96. The first kappa shape index (κ1) is 21.5. The van der Waals surface area contributed by atoms with Crippen molar-refractivity contribution in [1.29, 1.82) is 0 Å². The Kier molecular flexibility index (Phi) is 5.32. The second kappa shape index (κ2) is 8.19. The van der Waals surface area contributed by atoms with Gasteiger partial charge in [0, 0.05) is 71.6 Å². The lowest BCUT2D eigenvalue weighted by molar-refractivity contribution is -0.144. The molecule has 5 rings (SSSR count). The number of fused-ring (bicyclic) bond motifs is 5. The first-order valence-electron chi connectivity index (χ1n) is 11.4. The maximum absolute atomic E-state index is 12.5. The fraction of sp³-hybridized carbons (Fsp3) is 0.400. The molecule has 0 saturated carbocycles. The van der Waals surface area contributed by atoms with Gasteiger partial charge in [-0.15, -0.1) is 0 Å². The predicted octanol–water partition coefficient (Wildman–Crippen LogP) is 3.17. The number of rotatable bonds is 5. The van der Waals surface area contributed by atoms with Crippen LogP contribution in [0.5, 0.6) is 0 Å². The van der Waals surface area contributed by atoms with E-state index in [1.165, 1.54) is 0 Å². The average Bonchev–Trinajstić information content (AvgIpc) is 3.17. The number of carboxylic acids is 1. The van der Waals surface area contributed by atoms with Gasteiger partial charge in [-0.3, -0.25) is 19.3 Å². The summed E-state index contributed by atoms with van der Waals surface area (Å²) < 4.78 is 1.85. The minimum atomic E-state index is -0.890. The summed E-state index contributed by atoms with van der Waals surface area (Å²) in [7, 11) is 0. The Morgan fingerprint density at radius 3 is 2.73 bits per heavy atom. The Labute approximate surface area is 191 Å². The average molecular weight is 449 g/mol. The minimum absolute atomic E-state index is 0.0161. The van der Waals surface area contributed by atoms with Crippen LogP contribution in [-0.4, -0.2) is 44.5 Å². The van der Waals surface area contributed by atoms with Gasteiger partial charge in [-0.05, 0) is 30.5 Å². The van der Waals surface area contributed by atoms with Crippen molar-refractivity contribution in [1.82, 2.24) is 14.5 Å². The van der Waals surface area contributed by atoms with Crippen molar-refractivity contribution in [3.8, 4) is 0 Å². The van der Waals surface area contributed by atoms with Crippen LogP contribution in [0.3, 0.4) is 0 Å². The summed E-state index contributed by atoms with van der Waals surface area (Å²) in [6.07, 6.45) is 2.74. The first-order valence-corrected chi connectivity index (χ1v) is 11.4. The zero-order valence-corrected chi connectivity index (χ0v) is 18.7. The maximum Gasteiger partial charge on any atom is 0.325 e. The molecule has 1 saturated heterocycles. The molecule has 1 aromatic carbocycles. The number of nitrogens with zero attached hydrogens (tertiary/aromatic N) is 2. The number of carbonyl (C=O) groups excluding carboxylic acids is 1. The molecule has 172 valence electrons. The van der Waals surface area contributed by atoms with E-state index in [-0.39, 0.29) is 29.2 Å². The number of carboxylic acid groups (broad SMARTS) is 1. The van der Waals surface area contributed by atoms with Crippen LogP contribution >= 0.6 is 0 Å². The van der Waals surface area contributed by atoms with Crippen molar-refractivity contribution >= 4 is 28.5 Å². The van der Waals surface area contributed by atoms with Gasteiger partial charge in [0.25, 0.3) is 5.56 Å². The van der Waals surface area contributed by atoms with Crippen LogP contribution in [0, 0.1) is 11.8 Å². The van der Waals surface area contributed by atoms with Crippen LogP contribution in [0.1, 0.15) is 43.5 Å². The number of pyridine rings is 1. The molecule has 2 aliphatic heterocycles. The molecule has 0 spiro atoms. The van der Waals surface area contributed by atoms with Crippen molar-refractivity contribution in [3.05, 3.63) is 64.2 Å². The van der Waals surface area contributed by atoms with E-state index in [0.29, 0.717) is 30.9 Å². The van der Waals surface area contributed by atoms with Gasteiger partial charge in [-0.25, -0.2) is 0 Å². The topological polar surface area (TPSA) is 107 Å². The number of aromatic amines is 1. The highest BCUT2D eigenvalue weighted by Gasteiger charge is 2.40. The molecule has 3 atom stereocenters. The maximum atomic E-state index is 12.5. The number of nitrogens with one attached hydrogen (secondary N) is 2. The Morgan fingerprint density at radius 1 is 1.15 bits per heavy atom. The first-order chi connectivity index (χ1) is 15.8. The van der Waals surface area contributed by atoms with Crippen LogP contribution in [0.15, 0.2) is 47.4 Å². The van der Waals surface area contributed by atoms with E-state index in [1.807, 2.05) is 47.6 Å². The molecule has 3 N–H and O–H groups in total. The van der Waals surface area contributed by atoms with Crippen molar-refractivity contribution < 1.29 is 14.7 Å². The van der Waals surface area contributed by atoms with Crippen LogP contribution in [0.2, 0.25) is 0 Å². The molecule has 2 bridgehead atoms. The zero-order chi connectivity index (χ0) is 23.3. The smallest absolute Gasteiger partial charge is 0.325 e. The molecule has 4 heterocycles. The molecule has 3 aromatic rings. The summed E-state index contributed by atoms with van der Waals surface area (Å²) in [4.78, 5) is 42.1. The molecule has 1 unspecified atom stereocenters. The predicted molar refractivity (Wildman–Crippen MR) is 125 cm³/mol. The third-order valence-electron chi connectivity index (χ3n) is 6.91. The lowest BCUT2D eigenvalue weighted by atomic mass is 9.82. The Bertz CT molecular complexity index is 1290. The molecule has 2 aromatic heterocycles. The molecule has 0 radical (unpaired) electrons. The SMILES string of the molecule is CC(C)C(=O)Nc1ccc2c(C(C(=O)O)N3C[C@H]4C[C@H](C3)c3cccc(=O)n3C4)c[nH]c2c1. The number of anilines is 1. The number of amides is 1. The van der Waals surface area contributed by atoms with Crippen LogP contribution in [0.4, 0.5) is 5.69 Å². The molecule has 33 heavy (non-hydrogen) atoms. The number of benzene rings is 1. The fourth-order valence-electron chi connectivity index (χ4n) is 5.37. The molecule has 8 heteroatoms. The largest absolute Gasteiger partial charge is 0.480 e. The number of hydrogen-bond donors (Lipinski definition) is 3. The number of likely N-dealkylation sites (tertiary alicyclic amines) is 1. The Morgan fingerprint density at radius 2 is 1.97 bits per heavy atom. The van der Waals surface area contributed by atoms with E-state index in [4.69, 9.17) is 0 Å². The van der Waals surface area contributed by atoms with E-state index in [2.05, 4.69) is 10.3 Å².